The molecule has 0 spiro atoms. The van der Waals surface area contributed by atoms with Gasteiger partial charge in [-0.1, -0.05) is 13.3 Å². The van der Waals surface area contributed by atoms with Crippen LogP contribution in [0.2, 0.25) is 0 Å². The van der Waals surface area contributed by atoms with Gasteiger partial charge in [-0.2, -0.15) is 0 Å². The summed E-state index contributed by atoms with van der Waals surface area (Å²) in [5, 5.41) is 0.501. The van der Waals surface area contributed by atoms with E-state index in [1.54, 1.807) is 12.5 Å². The highest BCUT2D eigenvalue weighted by molar-refractivity contribution is 5.94. The van der Waals surface area contributed by atoms with Crippen LogP contribution >= 0.6 is 0 Å². The van der Waals surface area contributed by atoms with Gasteiger partial charge >= 0.3 is 5.97 Å². The molecule has 1 aliphatic rings. The predicted molar refractivity (Wildman–Crippen MR) is 129 cm³/mol. The summed E-state index contributed by atoms with van der Waals surface area (Å²) in [7, 11) is 0. The maximum Gasteiger partial charge on any atom is 0.357 e. The number of halogens is 1. The van der Waals surface area contributed by atoms with E-state index in [1.807, 2.05) is 13.8 Å². The van der Waals surface area contributed by atoms with E-state index in [1.165, 1.54) is 30.6 Å². The van der Waals surface area contributed by atoms with Crippen LogP contribution in [0, 0.1) is 12.7 Å². The number of nitrogens with zero attached hydrogens (tertiary/aromatic N) is 5. The number of hydrogen-bond donors (Lipinski definition) is 1. The minimum absolute atomic E-state index is 0.0214. The van der Waals surface area contributed by atoms with Gasteiger partial charge in [0.15, 0.2) is 5.69 Å². The van der Waals surface area contributed by atoms with E-state index in [0.717, 1.165) is 32.2 Å². The minimum Gasteiger partial charge on any atom is -0.491 e. The van der Waals surface area contributed by atoms with Crippen molar-refractivity contribution < 1.29 is 18.7 Å². The Labute approximate surface area is 203 Å². The third-order valence-corrected chi connectivity index (χ3v) is 5.75. The number of aryl methyl sites for hydroxylation is 1. The molecule has 0 bridgehead atoms. The molecule has 1 fully saturated rings. The summed E-state index contributed by atoms with van der Waals surface area (Å²) in [4.78, 5) is 34.9. The summed E-state index contributed by atoms with van der Waals surface area (Å²) >= 11 is 0. The zero-order valence-electron chi connectivity index (χ0n) is 19.9. The van der Waals surface area contributed by atoms with Crippen LogP contribution in [0.1, 0.15) is 48.9 Å². The van der Waals surface area contributed by atoms with Crippen LogP contribution in [0.4, 0.5) is 10.2 Å². The van der Waals surface area contributed by atoms with E-state index < -0.39 is 11.8 Å². The number of fused-ring (bicyclic) bond motifs is 1. The van der Waals surface area contributed by atoms with Gasteiger partial charge in [0, 0.05) is 18.0 Å². The fourth-order valence-corrected chi connectivity index (χ4v) is 3.90. The van der Waals surface area contributed by atoms with Crippen molar-refractivity contribution >= 4 is 22.7 Å². The third-order valence-electron chi connectivity index (χ3n) is 5.75. The number of H-pyrrole nitrogens is 1. The van der Waals surface area contributed by atoms with E-state index in [9.17, 15) is 9.18 Å². The molecule has 4 rings (SSSR count). The second kappa shape index (κ2) is 11.5. The van der Waals surface area contributed by atoms with Crippen LogP contribution in [-0.4, -0.2) is 56.7 Å². The van der Waals surface area contributed by atoms with E-state index in [2.05, 4.69) is 29.8 Å². The number of aromatic nitrogens is 5. The number of hydrogen-bond acceptors (Lipinski definition) is 8. The summed E-state index contributed by atoms with van der Waals surface area (Å²) in [6, 6.07) is 5.76. The van der Waals surface area contributed by atoms with Gasteiger partial charge in [-0.05, 0) is 44.4 Å². The van der Waals surface area contributed by atoms with Gasteiger partial charge in [-0.15, -0.1) is 0 Å². The SMILES string of the molecule is CCCCOC(=O)c1cc(OC[C@H]2CCCN2c2cncnc(C)[nH]cn2)c2cc(F)ccc2n1. The third kappa shape index (κ3) is 6.20. The highest BCUT2D eigenvalue weighted by atomic mass is 19.1. The number of esters is 1. The van der Waals surface area contributed by atoms with Crippen LogP contribution in [0.5, 0.6) is 5.75 Å². The summed E-state index contributed by atoms with van der Waals surface area (Å²) < 4.78 is 25.5. The molecule has 1 saturated heterocycles. The Hall–Kier alpha value is -3.82. The average Bonchev–Trinajstić information content (AvgIpc) is 3.35. The Balaban J connectivity index is 1.58. The van der Waals surface area contributed by atoms with Crippen molar-refractivity contribution in [1.82, 2.24) is 24.9 Å². The standard InChI is InChI=1S/C25H29FN6O3/c1-3-4-10-34-25(33)22-12-23(20-11-18(26)7-8-21(20)31-22)35-14-19-6-5-9-32(19)24-13-27-15-28-17(2)29-16-30-24/h7-8,11-13,15-16,19H,3-6,9-10,14H2,1-2H3,(H,27,28,29,30)/t19-/m1/s1. The summed E-state index contributed by atoms with van der Waals surface area (Å²) in [5.41, 5.74) is 0.604. The largest absolute Gasteiger partial charge is 0.491 e. The molecule has 35 heavy (non-hydrogen) atoms. The van der Waals surface area contributed by atoms with E-state index >= 15 is 0 Å². The first kappa shape index (κ1) is 24.3. The van der Waals surface area contributed by atoms with E-state index in [4.69, 9.17) is 9.47 Å². The van der Waals surface area contributed by atoms with Crippen molar-refractivity contribution in [2.75, 3.05) is 24.7 Å². The molecule has 1 N–H and O–H groups in total. The van der Waals surface area contributed by atoms with Gasteiger partial charge in [0.25, 0.3) is 0 Å². The number of unbranched alkanes of at least 4 members (excludes halogenated alkanes) is 1. The second-order valence-corrected chi connectivity index (χ2v) is 8.33. The number of benzene rings is 1. The normalized spacial score (nSPS) is 15.2. The number of ether oxygens (including phenoxy) is 2. The quantitative estimate of drug-likeness (QED) is 0.375. The monoisotopic (exact) mass is 480 g/mol. The van der Waals surface area contributed by atoms with Gasteiger partial charge in [0.1, 0.15) is 36.1 Å². The fourth-order valence-electron chi connectivity index (χ4n) is 3.90. The Morgan fingerprint density at radius 1 is 1.29 bits per heavy atom. The van der Waals surface area contributed by atoms with Gasteiger partial charge in [0.2, 0.25) is 0 Å². The summed E-state index contributed by atoms with van der Waals surface area (Å²) in [6.07, 6.45) is 8.27. The minimum atomic E-state index is -0.523. The summed E-state index contributed by atoms with van der Waals surface area (Å²) in [5.74, 6) is 0.840. The number of aromatic amines is 1. The van der Waals surface area contributed by atoms with Gasteiger partial charge in [-0.3, -0.25) is 0 Å². The molecule has 0 aliphatic carbocycles. The number of carbonyl (C=O) groups is 1. The molecule has 9 nitrogen and oxygen atoms in total. The van der Waals surface area contributed by atoms with Gasteiger partial charge < -0.3 is 19.4 Å². The molecule has 3 heterocycles. The smallest absolute Gasteiger partial charge is 0.357 e. The number of pyridine rings is 1. The van der Waals surface area contributed by atoms with Crippen LogP contribution in [0.15, 0.2) is 43.1 Å². The zero-order valence-corrected chi connectivity index (χ0v) is 19.9. The Bertz CT molecular complexity index is 1230. The van der Waals surface area contributed by atoms with Crippen LogP contribution < -0.4 is 9.64 Å². The first-order valence-corrected chi connectivity index (χ1v) is 11.8. The van der Waals surface area contributed by atoms with Crippen LogP contribution in [0.25, 0.3) is 10.9 Å². The molecule has 2 aromatic heterocycles. The zero-order chi connectivity index (χ0) is 24.6. The second-order valence-electron chi connectivity index (χ2n) is 8.33. The molecule has 0 saturated carbocycles. The highest BCUT2D eigenvalue weighted by Gasteiger charge is 2.27. The van der Waals surface area contributed by atoms with Crippen molar-refractivity contribution in [3.63, 3.8) is 0 Å². The molecule has 1 aromatic carbocycles. The van der Waals surface area contributed by atoms with Crippen molar-refractivity contribution in [2.45, 2.75) is 45.6 Å². The van der Waals surface area contributed by atoms with E-state index in [0.29, 0.717) is 41.5 Å². The summed E-state index contributed by atoms with van der Waals surface area (Å²) in [6.45, 7) is 5.29. The topological polar surface area (TPSA) is 106 Å². The molecule has 1 aliphatic heterocycles. The van der Waals surface area contributed by atoms with Crippen molar-refractivity contribution in [2.24, 2.45) is 0 Å². The molecule has 0 radical (unpaired) electrons. The lowest BCUT2D eigenvalue weighted by Gasteiger charge is -2.25. The number of rotatable bonds is 8. The maximum absolute atomic E-state index is 14.0. The first-order valence-electron chi connectivity index (χ1n) is 11.8. The highest BCUT2D eigenvalue weighted by Crippen LogP contribution is 2.29. The molecule has 0 unspecified atom stereocenters. The molecule has 184 valence electrons. The number of anilines is 1. The average molecular weight is 481 g/mol. The van der Waals surface area contributed by atoms with E-state index in [-0.39, 0.29) is 11.7 Å². The molecular weight excluding hydrogens is 451 g/mol. The maximum atomic E-state index is 14.0. The number of nitrogens with one attached hydrogen (secondary N) is 1. The fraction of sp³-hybridized carbons (Fsp3) is 0.400. The lowest BCUT2D eigenvalue weighted by Crippen LogP contribution is -2.34. The molecule has 0 amide bonds. The molecular formula is C25H29FN6O3. The Morgan fingerprint density at radius 2 is 2.17 bits per heavy atom. The van der Waals surface area contributed by atoms with Crippen molar-refractivity contribution in [1.29, 1.82) is 0 Å². The number of carbonyl (C=O) groups excluding carboxylic acids is 1. The Kier molecular flexibility index (Phi) is 8.02. The van der Waals surface area contributed by atoms with Gasteiger partial charge in [-0.25, -0.2) is 29.1 Å². The lowest BCUT2D eigenvalue weighted by atomic mass is 10.1. The first-order chi connectivity index (χ1) is 17.0. The van der Waals surface area contributed by atoms with Crippen molar-refractivity contribution in [3.8, 4) is 5.75 Å². The van der Waals surface area contributed by atoms with Crippen LogP contribution in [0.3, 0.4) is 0 Å². The van der Waals surface area contributed by atoms with Crippen molar-refractivity contribution in [3.05, 3.63) is 60.5 Å². The molecule has 3 aromatic rings. The Morgan fingerprint density at radius 3 is 3.03 bits per heavy atom. The van der Waals surface area contributed by atoms with Gasteiger partial charge in [0.05, 0.1) is 30.7 Å². The predicted octanol–water partition coefficient (Wildman–Crippen LogP) is 4.32. The molecule has 1 atom stereocenters. The van der Waals surface area contributed by atoms with Crippen LogP contribution in [-0.2, 0) is 4.74 Å². The molecule has 10 heteroatoms. The lowest BCUT2D eigenvalue weighted by molar-refractivity contribution is 0.0492.